The standard InChI is InChI=1S/C20H16BrN3O3/c1-13(23-24-19(25)16-5-2-3-6-17(16)21)14-8-10-15(11-9-14)22-20(26)18-7-4-12-27-18/h2-12H,1H3,(H,22,26)(H,24,25)/b23-13+. The van der Waals surface area contributed by atoms with Crippen LogP contribution in [-0.4, -0.2) is 17.5 Å². The highest BCUT2D eigenvalue weighted by Gasteiger charge is 2.10. The molecule has 0 saturated carbocycles. The lowest BCUT2D eigenvalue weighted by Crippen LogP contribution is -2.19. The maximum atomic E-state index is 12.2. The summed E-state index contributed by atoms with van der Waals surface area (Å²) in [7, 11) is 0. The van der Waals surface area contributed by atoms with Crippen LogP contribution in [0.15, 0.2) is 80.9 Å². The van der Waals surface area contributed by atoms with Crippen LogP contribution in [0.1, 0.15) is 33.4 Å². The zero-order valence-corrected chi connectivity index (χ0v) is 16.0. The Hall–Kier alpha value is -3.19. The molecular weight excluding hydrogens is 410 g/mol. The summed E-state index contributed by atoms with van der Waals surface area (Å²) in [5, 5.41) is 6.88. The third kappa shape index (κ3) is 4.71. The molecule has 3 rings (SSSR count). The third-order valence-electron chi connectivity index (χ3n) is 3.75. The summed E-state index contributed by atoms with van der Waals surface area (Å²) >= 11 is 3.34. The summed E-state index contributed by atoms with van der Waals surface area (Å²) < 4.78 is 5.75. The summed E-state index contributed by atoms with van der Waals surface area (Å²) in [4.78, 5) is 24.1. The number of hydrogen-bond donors (Lipinski definition) is 2. The molecule has 136 valence electrons. The molecule has 0 unspecified atom stereocenters. The van der Waals surface area contributed by atoms with Crippen molar-refractivity contribution in [2.24, 2.45) is 5.10 Å². The lowest BCUT2D eigenvalue weighted by atomic mass is 10.1. The van der Waals surface area contributed by atoms with E-state index in [9.17, 15) is 9.59 Å². The number of nitrogens with one attached hydrogen (secondary N) is 2. The van der Waals surface area contributed by atoms with Crippen LogP contribution in [0, 0.1) is 0 Å². The fourth-order valence-electron chi connectivity index (χ4n) is 2.30. The normalized spacial score (nSPS) is 11.1. The monoisotopic (exact) mass is 425 g/mol. The van der Waals surface area contributed by atoms with Crippen LogP contribution in [0.4, 0.5) is 5.69 Å². The summed E-state index contributed by atoms with van der Waals surface area (Å²) in [6.45, 7) is 1.79. The van der Waals surface area contributed by atoms with Gasteiger partial charge in [0.15, 0.2) is 5.76 Å². The van der Waals surface area contributed by atoms with E-state index in [0.29, 0.717) is 21.4 Å². The summed E-state index contributed by atoms with van der Waals surface area (Å²) in [6.07, 6.45) is 1.44. The second-order valence-electron chi connectivity index (χ2n) is 5.63. The molecule has 3 aromatic rings. The SMILES string of the molecule is C/C(=N\NC(=O)c1ccccc1Br)c1ccc(NC(=O)c2ccco2)cc1. The van der Waals surface area contributed by atoms with E-state index in [4.69, 9.17) is 4.42 Å². The molecule has 0 aliphatic rings. The van der Waals surface area contributed by atoms with Gasteiger partial charge in [0.1, 0.15) is 0 Å². The van der Waals surface area contributed by atoms with Crippen LogP contribution in [0.25, 0.3) is 0 Å². The number of hydrogen-bond acceptors (Lipinski definition) is 4. The molecule has 0 atom stereocenters. The summed E-state index contributed by atoms with van der Waals surface area (Å²) in [6, 6.07) is 17.5. The van der Waals surface area contributed by atoms with Gasteiger partial charge in [0, 0.05) is 10.2 Å². The number of benzene rings is 2. The average molecular weight is 426 g/mol. The molecule has 2 amide bonds. The Balaban J connectivity index is 1.64. The first-order valence-electron chi connectivity index (χ1n) is 8.09. The molecule has 0 aliphatic heterocycles. The molecule has 0 radical (unpaired) electrons. The Bertz CT molecular complexity index is 980. The van der Waals surface area contributed by atoms with E-state index >= 15 is 0 Å². The van der Waals surface area contributed by atoms with Crippen LogP contribution in [0.3, 0.4) is 0 Å². The molecule has 2 aromatic carbocycles. The Morgan fingerprint density at radius 1 is 0.963 bits per heavy atom. The molecule has 6 nitrogen and oxygen atoms in total. The number of carbonyl (C=O) groups is 2. The minimum Gasteiger partial charge on any atom is -0.459 e. The summed E-state index contributed by atoms with van der Waals surface area (Å²) in [5.41, 5.74) is 5.13. The Morgan fingerprint density at radius 3 is 2.37 bits per heavy atom. The number of hydrazone groups is 1. The predicted octanol–water partition coefficient (Wildman–Crippen LogP) is 4.45. The maximum Gasteiger partial charge on any atom is 0.291 e. The number of nitrogens with zero attached hydrogens (tertiary/aromatic N) is 1. The van der Waals surface area contributed by atoms with Crippen molar-refractivity contribution in [1.29, 1.82) is 0 Å². The van der Waals surface area contributed by atoms with Gasteiger partial charge in [0.2, 0.25) is 0 Å². The maximum absolute atomic E-state index is 12.2. The Kier molecular flexibility index (Phi) is 5.83. The van der Waals surface area contributed by atoms with Gasteiger partial charge in [-0.25, -0.2) is 5.43 Å². The fraction of sp³-hybridized carbons (Fsp3) is 0.0500. The van der Waals surface area contributed by atoms with Crippen molar-refractivity contribution in [3.63, 3.8) is 0 Å². The molecule has 7 heteroatoms. The van der Waals surface area contributed by atoms with E-state index in [1.807, 2.05) is 6.07 Å². The Morgan fingerprint density at radius 2 is 1.70 bits per heavy atom. The number of halogens is 1. The lowest BCUT2D eigenvalue weighted by molar-refractivity contribution is 0.0952. The number of carbonyl (C=O) groups excluding carboxylic acids is 2. The molecule has 0 spiro atoms. The van der Waals surface area contributed by atoms with E-state index in [1.54, 1.807) is 61.5 Å². The lowest BCUT2D eigenvalue weighted by Gasteiger charge is -2.06. The van der Waals surface area contributed by atoms with Gasteiger partial charge < -0.3 is 9.73 Å². The van der Waals surface area contributed by atoms with Crippen LogP contribution < -0.4 is 10.7 Å². The first-order valence-corrected chi connectivity index (χ1v) is 8.88. The van der Waals surface area contributed by atoms with Crippen molar-refractivity contribution >= 4 is 39.1 Å². The molecular formula is C20H16BrN3O3. The van der Waals surface area contributed by atoms with Crippen molar-refractivity contribution in [2.75, 3.05) is 5.32 Å². The van der Waals surface area contributed by atoms with Crippen LogP contribution >= 0.6 is 15.9 Å². The largest absolute Gasteiger partial charge is 0.459 e. The summed E-state index contributed by atoms with van der Waals surface area (Å²) in [5.74, 6) is -0.380. The molecule has 0 saturated heterocycles. The minimum absolute atomic E-state index is 0.242. The van der Waals surface area contributed by atoms with Crippen molar-refractivity contribution in [1.82, 2.24) is 5.43 Å². The van der Waals surface area contributed by atoms with Crippen LogP contribution in [0.2, 0.25) is 0 Å². The van der Waals surface area contributed by atoms with Gasteiger partial charge in [-0.05, 0) is 64.8 Å². The second-order valence-corrected chi connectivity index (χ2v) is 6.48. The molecule has 27 heavy (non-hydrogen) atoms. The Labute approximate surface area is 164 Å². The first kappa shape index (κ1) is 18.6. The van der Waals surface area contributed by atoms with E-state index in [1.165, 1.54) is 6.26 Å². The topological polar surface area (TPSA) is 83.7 Å². The average Bonchev–Trinajstić information content (AvgIpc) is 3.22. The zero-order valence-electron chi connectivity index (χ0n) is 14.4. The quantitative estimate of drug-likeness (QED) is 0.467. The van der Waals surface area contributed by atoms with Gasteiger partial charge in [0.05, 0.1) is 17.5 Å². The van der Waals surface area contributed by atoms with E-state index in [-0.39, 0.29) is 17.6 Å². The van der Waals surface area contributed by atoms with Crippen LogP contribution in [0.5, 0.6) is 0 Å². The van der Waals surface area contributed by atoms with Crippen molar-refractivity contribution in [2.45, 2.75) is 6.92 Å². The second kappa shape index (κ2) is 8.46. The highest BCUT2D eigenvalue weighted by Crippen LogP contribution is 2.16. The van der Waals surface area contributed by atoms with Gasteiger partial charge >= 0.3 is 0 Å². The molecule has 0 bridgehead atoms. The van der Waals surface area contributed by atoms with E-state index in [0.717, 1.165) is 5.56 Å². The van der Waals surface area contributed by atoms with E-state index in [2.05, 4.69) is 31.8 Å². The number of amides is 2. The highest BCUT2D eigenvalue weighted by atomic mass is 79.9. The highest BCUT2D eigenvalue weighted by molar-refractivity contribution is 9.10. The predicted molar refractivity (Wildman–Crippen MR) is 107 cm³/mol. The van der Waals surface area contributed by atoms with Crippen LogP contribution in [-0.2, 0) is 0 Å². The minimum atomic E-state index is -0.321. The molecule has 1 aromatic heterocycles. The van der Waals surface area contributed by atoms with Gasteiger partial charge in [-0.15, -0.1) is 0 Å². The number of rotatable bonds is 5. The number of furan rings is 1. The number of anilines is 1. The molecule has 0 aliphatic carbocycles. The first-order chi connectivity index (χ1) is 13.0. The van der Waals surface area contributed by atoms with E-state index < -0.39 is 0 Å². The van der Waals surface area contributed by atoms with Crippen molar-refractivity contribution in [3.8, 4) is 0 Å². The smallest absolute Gasteiger partial charge is 0.291 e. The third-order valence-corrected chi connectivity index (χ3v) is 4.44. The fourth-order valence-corrected chi connectivity index (χ4v) is 2.76. The van der Waals surface area contributed by atoms with Crippen molar-refractivity contribution in [3.05, 3.63) is 88.3 Å². The molecule has 0 fully saturated rings. The molecule has 2 N–H and O–H groups in total. The van der Waals surface area contributed by atoms with Gasteiger partial charge in [0.25, 0.3) is 11.8 Å². The van der Waals surface area contributed by atoms with Gasteiger partial charge in [-0.3, -0.25) is 9.59 Å². The molecule has 1 heterocycles. The van der Waals surface area contributed by atoms with Gasteiger partial charge in [-0.1, -0.05) is 24.3 Å². The van der Waals surface area contributed by atoms with Gasteiger partial charge in [-0.2, -0.15) is 5.10 Å². The van der Waals surface area contributed by atoms with Crippen molar-refractivity contribution < 1.29 is 14.0 Å². The zero-order chi connectivity index (χ0) is 19.2.